The second kappa shape index (κ2) is 9.28. The normalized spacial score (nSPS) is 20.1. The number of hydrogen-bond donors (Lipinski definition) is 1. The minimum atomic E-state index is 0. The lowest BCUT2D eigenvalue weighted by Crippen LogP contribution is -2.45. The van der Waals surface area contributed by atoms with Crippen LogP contribution < -0.4 is 5.32 Å². The third kappa shape index (κ3) is 7.04. The molecule has 1 rings (SSSR count). The van der Waals surface area contributed by atoms with Crippen LogP contribution in [0.3, 0.4) is 0 Å². The van der Waals surface area contributed by atoms with E-state index in [1.54, 1.807) is 0 Å². The van der Waals surface area contributed by atoms with Crippen LogP contribution in [0.15, 0.2) is 4.99 Å². The van der Waals surface area contributed by atoms with E-state index in [4.69, 9.17) is 4.74 Å². The van der Waals surface area contributed by atoms with Crippen LogP contribution in [0.2, 0.25) is 0 Å². The van der Waals surface area contributed by atoms with Crippen molar-refractivity contribution in [3.8, 4) is 0 Å². The van der Waals surface area contributed by atoms with Gasteiger partial charge in [0.2, 0.25) is 0 Å². The second-order valence-electron chi connectivity index (χ2n) is 5.47. The van der Waals surface area contributed by atoms with Crippen molar-refractivity contribution in [2.24, 2.45) is 10.9 Å². The maximum atomic E-state index is 5.41. The molecule has 1 aliphatic rings. The van der Waals surface area contributed by atoms with Gasteiger partial charge in [-0.05, 0) is 26.5 Å². The predicted octanol–water partition coefficient (Wildman–Crippen LogP) is 2.29. The second-order valence-corrected chi connectivity index (χ2v) is 6.99. The molecule has 1 fully saturated rings. The van der Waals surface area contributed by atoms with Crippen molar-refractivity contribution in [3.63, 3.8) is 0 Å². The van der Waals surface area contributed by atoms with Crippen LogP contribution in [0.5, 0.6) is 0 Å². The summed E-state index contributed by atoms with van der Waals surface area (Å²) in [6, 6.07) is 0. The van der Waals surface area contributed by atoms with E-state index < -0.39 is 0 Å². The highest BCUT2D eigenvalue weighted by molar-refractivity contribution is 14.0. The Bertz CT molecular complexity index is 281. The lowest BCUT2D eigenvalue weighted by Gasteiger charge is -2.28. The monoisotopic (exact) mass is 401 g/mol. The first kappa shape index (κ1) is 19.3. The number of hydrogen-bond acceptors (Lipinski definition) is 3. The molecule has 0 spiro atoms. The van der Waals surface area contributed by atoms with E-state index in [1.807, 2.05) is 18.8 Å². The van der Waals surface area contributed by atoms with Gasteiger partial charge in [-0.15, -0.1) is 24.0 Å². The van der Waals surface area contributed by atoms with Gasteiger partial charge in [0.25, 0.3) is 0 Å². The quantitative estimate of drug-likeness (QED) is 0.436. The fourth-order valence-corrected chi connectivity index (χ4v) is 2.17. The van der Waals surface area contributed by atoms with E-state index in [-0.39, 0.29) is 28.7 Å². The zero-order valence-electron chi connectivity index (χ0n) is 12.7. The highest BCUT2D eigenvalue weighted by Gasteiger charge is 2.21. The van der Waals surface area contributed by atoms with Crippen molar-refractivity contribution < 1.29 is 4.74 Å². The summed E-state index contributed by atoms with van der Waals surface area (Å²) in [6.07, 6.45) is 3.31. The van der Waals surface area contributed by atoms with Crippen molar-refractivity contribution in [1.82, 2.24) is 10.2 Å². The summed E-state index contributed by atoms with van der Waals surface area (Å²) in [5, 5.41) is 3.45. The molecule has 19 heavy (non-hydrogen) atoms. The molecule has 0 saturated carbocycles. The SMILES string of the molecule is CN=C(NCC(C)(C)SC)N(C)CC1CCOC1.I. The average Bonchev–Trinajstić information content (AvgIpc) is 2.82. The summed E-state index contributed by atoms with van der Waals surface area (Å²) in [5.41, 5.74) is 0. The number of halogens is 1. The molecule has 0 aromatic rings. The molecule has 1 N–H and O–H groups in total. The van der Waals surface area contributed by atoms with Crippen molar-refractivity contribution in [2.75, 3.05) is 46.7 Å². The first-order valence-electron chi connectivity index (χ1n) is 6.53. The molecule has 1 heterocycles. The number of aliphatic imine (C=N–C) groups is 1. The highest BCUT2D eigenvalue weighted by atomic mass is 127. The molecule has 0 bridgehead atoms. The molecule has 0 aromatic heterocycles. The Kier molecular flexibility index (Phi) is 9.43. The Morgan fingerprint density at radius 3 is 2.68 bits per heavy atom. The summed E-state index contributed by atoms with van der Waals surface area (Å²) in [5.74, 6) is 1.62. The largest absolute Gasteiger partial charge is 0.381 e. The highest BCUT2D eigenvalue weighted by Crippen LogP contribution is 2.19. The number of nitrogens with one attached hydrogen (secondary N) is 1. The molecule has 6 heteroatoms. The van der Waals surface area contributed by atoms with Crippen LogP contribution in [-0.4, -0.2) is 62.3 Å². The Morgan fingerprint density at radius 2 is 2.21 bits per heavy atom. The molecule has 0 aromatic carbocycles. The molecule has 4 nitrogen and oxygen atoms in total. The van der Waals surface area contributed by atoms with Gasteiger partial charge in [0.1, 0.15) is 0 Å². The van der Waals surface area contributed by atoms with Crippen LogP contribution in [-0.2, 0) is 4.74 Å². The zero-order valence-corrected chi connectivity index (χ0v) is 15.9. The molecule has 0 radical (unpaired) electrons. The Morgan fingerprint density at radius 1 is 1.53 bits per heavy atom. The molecule has 114 valence electrons. The predicted molar refractivity (Wildman–Crippen MR) is 95.9 cm³/mol. The van der Waals surface area contributed by atoms with E-state index in [0.717, 1.165) is 38.7 Å². The lowest BCUT2D eigenvalue weighted by atomic mass is 10.1. The minimum absolute atomic E-state index is 0. The Labute approximate surface area is 139 Å². The molecule has 1 atom stereocenters. The third-order valence-corrected chi connectivity index (χ3v) is 4.60. The molecule has 0 amide bonds. The fraction of sp³-hybridized carbons (Fsp3) is 0.923. The molecule has 0 aliphatic carbocycles. The van der Waals surface area contributed by atoms with E-state index in [1.165, 1.54) is 0 Å². The van der Waals surface area contributed by atoms with Gasteiger partial charge in [0, 0.05) is 44.5 Å². The van der Waals surface area contributed by atoms with Crippen LogP contribution in [0, 0.1) is 5.92 Å². The van der Waals surface area contributed by atoms with Crippen molar-refractivity contribution in [3.05, 3.63) is 0 Å². The first-order chi connectivity index (χ1) is 8.48. The summed E-state index contributed by atoms with van der Waals surface area (Å²) >= 11 is 1.87. The van der Waals surface area contributed by atoms with E-state index >= 15 is 0 Å². The topological polar surface area (TPSA) is 36.9 Å². The Hall–Kier alpha value is 0.310. The molecular weight excluding hydrogens is 373 g/mol. The van der Waals surface area contributed by atoms with Crippen LogP contribution in [0.25, 0.3) is 0 Å². The van der Waals surface area contributed by atoms with Gasteiger partial charge in [-0.1, -0.05) is 0 Å². The summed E-state index contributed by atoms with van der Waals surface area (Å²) < 4.78 is 5.64. The molecule has 1 aliphatic heterocycles. The smallest absolute Gasteiger partial charge is 0.193 e. The third-order valence-electron chi connectivity index (χ3n) is 3.35. The van der Waals surface area contributed by atoms with Gasteiger partial charge >= 0.3 is 0 Å². The average molecular weight is 401 g/mol. The van der Waals surface area contributed by atoms with Gasteiger partial charge in [0.05, 0.1) is 6.61 Å². The van der Waals surface area contributed by atoms with Gasteiger partial charge in [-0.3, -0.25) is 4.99 Å². The van der Waals surface area contributed by atoms with Crippen molar-refractivity contribution in [2.45, 2.75) is 25.0 Å². The fourth-order valence-electron chi connectivity index (χ4n) is 1.95. The van der Waals surface area contributed by atoms with Gasteiger partial charge in [-0.25, -0.2) is 0 Å². The molecule has 1 unspecified atom stereocenters. The number of nitrogens with zero attached hydrogens (tertiary/aromatic N) is 2. The van der Waals surface area contributed by atoms with Gasteiger partial charge in [0.15, 0.2) is 5.96 Å². The van der Waals surface area contributed by atoms with Crippen molar-refractivity contribution >= 4 is 41.7 Å². The number of ether oxygens (including phenoxy) is 1. The first-order valence-corrected chi connectivity index (χ1v) is 7.75. The van der Waals surface area contributed by atoms with E-state index in [0.29, 0.717) is 5.92 Å². The standard InChI is InChI=1S/C13H27N3OS.HI/c1-13(2,18-5)10-15-12(14-3)16(4)8-11-6-7-17-9-11;/h11H,6-10H2,1-5H3,(H,14,15);1H. The summed E-state index contributed by atoms with van der Waals surface area (Å²) in [4.78, 5) is 6.55. The number of guanidine groups is 1. The van der Waals surface area contributed by atoms with Crippen LogP contribution in [0.4, 0.5) is 0 Å². The maximum Gasteiger partial charge on any atom is 0.193 e. The van der Waals surface area contributed by atoms with Crippen LogP contribution in [0.1, 0.15) is 20.3 Å². The molecular formula is C13H28IN3OS. The van der Waals surface area contributed by atoms with Crippen molar-refractivity contribution in [1.29, 1.82) is 0 Å². The Balaban J connectivity index is 0.00000324. The summed E-state index contributed by atoms with van der Waals surface area (Å²) in [7, 11) is 3.94. The van der Waals surface area contributed by atoms with Gasteiger partial charge < -0.3 is 15.0 Å². The minimum Gasteiger partial charge on any atom is -0.381 e. The van der Waals surface area contributed by atoms with Crippen LogP contribution >= 0.6 is 35.7 Å². The van der Waals surface area contributed by atoms with Gasteiger partial charge in [-0.2, -0.15) is 11.8 Å². The summed E-state index contributed by atoms with van der Waals surface area (Å²) in [6.45, 7) is 8.21. The van der Waals surface area contributed by atoms with E-state index in [2.05, 4.69) is 42.4 Å². The number of thioether (sulfide) groups is 1. The molecule has 1 saturated heterocycles. The number of rotatable bonds is 5. The van der Waals surface area contributed by atoms with E-state index in [9.17, 15) is 0 Å². The maximum absolute atomic E-state index is 5.41. The zero-order chi connectivity index (χ0) is 13.6. The lowest BCUT2D eigenvalue weighted by molar-refractivity contribution is 0.181.